The van der Waals surface area contributed by atoms with Gasteiger partial charge in [-0.25, -0.2) is 9.38 Å². The number of nitrogens with one attached hydrogen (secondary N) is 1. The number of carbonyl (C=O) groups is 2. The Morgan fingerprint density at radius 1 is 0.833 bits per heavy atom. The summed E-state index contributed by atoms with van der Waals surface area (Å²) in [5.41, 5.74) is 4.75. The fourth-order valence-electron chi connectivity index (χ4n) is 5.47. The smallest absolute Gasteiger partial charge is 0.278 e. The van der Waals surface area contributed by atoms with Gasteiger partial charge in [0.15, 0.2) is 0 Å². The number of benzene rings is 4. The Labute approximate surface area is 244 Å². The number of aliphatic imine (C=N–C) groups is 1. The van der Waals surface area contributed by atoms with E-state index in [2.05, 4.69) is 10.2 Å². The second kappa shape index (κ2) is 12.0. The number of para-hydroxylation sites is 2. The van der Waals surface area contributed by atoms with E-state index in [-0.39, 0.29) is 23.7 Å². The highest BCUT2D eigenvalue weighted by Crippen LogP contribution is 2.31. The summed E-state index contributed by atoms with van der Waals surface area (Å²) >= 11 is 0. The number of nitrogens with zero attached hydrogens (tertiary/aromatic N) is 4. The molecule has 2 amide bonds. The predicted octanol–water partition coefficient (Wildman–Crippen LogP) is 5.56. The van der Waals surface area contributed by atoms with Gasteiger partial charge in [-0.15, -0.1) is 0 Å². The zero-order chi connectivity index (χ0) is 29.1. The van der Waals surface area contributed by atoms with Gasteiger partial charge < -0.3 is 10.2 Å². The van der Waals surface area contributed by atoms with Gasteiger partial charge in [0, 0.05) is 37.3 Å². The molecular formula is C34H32FN5O2. The Morgan fingerprint density at radius 3 is 2.19 bits per heavy atom. The quantitative estimate of drug-likeness (QED) is 0.321. The van der Waals surface area contributed by atoms with Gasteiger partial charge in [0.2, 0.25) is 0 Å². The van der Waals surface area contributed by atoms with E-state index in [0.717, 1.165) is 16.8 Å². The Hall–Kier alpha value is -4.82. The molecule has 0 aromatic heterocycles. The van der Waals surface area contributed by atoms with Crippen LogP contribution in [0.2, 0.25) is 0 Å². The highest BCUT2D eigenvalue weighted by molar-refractivity contribution is 6.54. The zero-order valence-electron chi connectivity index (χ0n) is 23.4. The normalized spacial score (nSPS) is 16.9. The second-order valence-electron chi connectivity index (χ2n) is 10.6. The molecule has 4 aromatic carbocycles. The number of amides is 2. The molecule has 212 valence electrons. The van der Waals surface area contributed by atoms with Crippen LogP contribution in [0.5, 0.6) is 0 Å². The first-order chi connectivity index (χ1) is 20.5. The molecule has 0 radical (unpaired) electrons. The maximum Gasteiger partial charge on any atom is 0.278 e. The maximum atomic E-state index is 14.3. The lowest BCUT2D eigenvalue weighted by Crippen LogP contribution is -2.51. The molecule has 1 N–H and O–H groups in total. The van der Waals surface area contributed by atoms with Crippen LogP contribution >= 0.6 is 0 Å². The van der Waals surface area contributed by atoms with Gasteiger partial charge in [-0.3, -0.25) is 19.4 Å². The minimum absolute atomic E-state index is 0.125. The summed E-state index contributed by atoms with van der Waals surface area (Å²) in [6.07, 6.45) is 0. The van der Waals surface area contributed by atoms with Crippen LogP contribution in [-0.4, -0.2) is 55.3 Å². The predicted molar refractivity (Wildman–Crippen MR) is 164 cm³/mol. The number of hydrogen-bond acceptors (Lipinski definition) is 5. The first-order valence-corrected chi connectivity index (χ1v) is 14.2. The second-order valence-corrected chi connectivity index (χ2v) is 10.6. The van der Waals surface area contributed by atoms with E-state index in [1.54, 1.807) is 41.3 Å². The SMILES string of the molecule is C[C@H](NC(=O)c1ccc(N=C2C(=O)N(CN3CCN(c4ccccc4F)CC3)c3ccccc32)cc1)c1ccccc1. The van der Waals surface area contributed by atoms with Crippen molar-refractivity contribution in [3.05, 3.63) is 126 Å². The first-order valence-electron chi connectivity index (χ1n) is 14.2. The topological polar surface area (TPSA) is 68.2 Å². The summed E-state index contributed by atoms with van der Waals surface area (Å²) in [5, 5.41) is 3.02. The van der Waals surface area contributed by atoms with Crippen molar-refractivity contribution in [3.63, 3.8) is 0 Å². The zero-order valence-corrected chi connectivity index (χ0v) is 23.4. The molecule has 4 aromatic rings. The molecule has 42 heavy (non-hydrogen) atoms. The van der Waals surface area contributed by atoms with E-state index in [1.807, 2.05) is 72.5 Å². The Morgan fingerprint density at radius 2 is 1.48 bits per heavy atom. The van der Waals surface area contributed by atoms with Gasteiger partial charge in [0.1, 0.15) is 11.5 Å². The molecule has 0 aliphatic carbocycles. The summed E-state index contributed by atoms with van der Waals surface area (Å²) in [4.78, 5) is 37.2. The fourth-order valence-corrected chi connectivity index (χ4v) is 5.47. The summed E-state index contributed by atoms with van der Waals surface area (Å²) in [7, 11) is 0. The molecule has 6 rings (SSSR count). The monoisotopic (exact) mass is 561 g/mol. The highest BCUT2D eigenvalue weighted by atomic mass is 19.1. The van der Waals surface area contributed by atoms with Crippen LogP contribution in [0.25, 0.3) is 0 Å². The van der Waals surface area contributed by atoms with Crippen molar-refractivity contribution in [1.82, 2.24) is 10.2 Å². The average Bonchev–Trinajstić information content (AvgIpc) is 3.28. The summed E-state index contributed by atoms with van der Waals surface area (Å²) < 4.78 is 14.3. The van der Waals surface area contributed by atoms with Gasteiger partial charge in [-0.2, -0.15) is 0 Å². The molecule has 8 heteroatoms. The molecule has 0 bridgehead atoms. The van der Waals surface area contributed by atoms with Crippen LogP contribution < -0.4 is 15.1 Å². The van der Waals surface area contributed by atoms with E-state index < -0.39 is 0 Å². The summed E-state index contributed by atoms with van der Waals surface area (Å²) in [6.45, 7) is 5.15. The Kier molecular flexibility index (Phi) is 7.79. The third-order valence-electron chi connectivity index (χ3n) is 7.82. The van der Waals surface area contributed by atoms with Crippen LogP contribution in [0, 0.1) is 5.82 Å². The molecule has 2 aliphatic rings. The molecule has 2 heterocycles. The van der Waals surface area contributed by atoms with Crippen molar-refractivity contribution in [1.29, 1.82) is 0 Å². The summed E-state index contributed by atoms with van der Waals surface area (Å²) in [5.74, 6) is -0.550. The van der Waals surface area contributed by atoms with E-state index >= 15 is 0 Å². The van der Waals surface area contributed by atoms with Crippen molar-refractivity contribution in [2.45, 2.75) is 13.0 Å². The molecule has 7 nitrogen and oxygen atoms in total. The largest absolute Gasteiger partial charge is 0.367 e. The van der Waals surface area contributed by atoms with Crippen LogP contribution in [0.15, 0.2) is 108 Å². The number of piperazine rings is 1. The maximum absolute atomic E-state index is 14.3. The number of carbonyl (C=O) groups excluding carboxylic acids is 2. The highest BCUT2D eigenvalue weighted by Gasteiger charge is 2.35. The first kappa shape index (κ1) is 27.4. The summed E-state index contributed by atoms with van der Waals surface area (Å²) in [6, 6.07) is 31.2. The van der Waals surface area contributed by atoms with E-state index in [0.29, 0.717) is 55.5 Å². The third-order valence-corrected chi connectivity index (χ3v) is 7.82. The molecule has 1 atom stereocenters. The van der Waals surface area contributed by atoms with E-state index in [9.17, 15) is 14.0 Å². The average molecular weight is 562 g/mol. The van der Waals surface area contributed by atoms with Crippen molar-refractivity contribution in [3.8, 4) is 0 Å². The third kappa shape index (κ3) is 5.66. The number of fused-ring (bicyclic) bond motifs is 1. The van der Waals surface area contributed by atoms with Gasteiger partial charge in [0.25, 0.3) is 11.8 Å². The van der Waals surface area contributed by atoms with Crippen molar-refractivity contribution in [2.75, 3.05) is 42.6 Å². The molecular weight excluding hydrogens is 529 g/mol. The molecule has 2 aliphatic heterocycles. The van der Waals surface area contributed by atoms with Crippen LogP contribution in [0.3, 0.4) is 0 Å². The van der Waals surface area contributed by atoms with E-state index in [4.69, 9.17) is 4.99 Å². The number of hydrogen-bond donors (Lipinski definition) is 1. The van der Waals surface area contributed by atoms with Crippen molar-refractivity contribution >= 4 is 34.6 Å². The van der Waals surface area contributed by atoms with Crippen LogP contribution in [0.4, 0.5) is 21.5 Å². The minimum atomic E-state index is -0.217. The molecule has 0 saturated carbocycles. The van der Waals surface area contributed by atoms with Gasteiger partial charge in [0.05, 0.1) is 29.8 Å². The number of anilines is 2. The van der Waals surface area contributed by atoms with Gasteiger partial charge in [-0.1, -0.05) is 60.7 Å². The fraction of sp³-hybridized carbons (Fsp3) is 0.206. The molecule has 1 saturated heterocycles. The molecule has 1 fully saturated rings. The van der Waals surface area contributed by atoms with E-state index in [1.165, 1.54) is 6.07 Å². The molecule has 0 spiro atoms. The number of rotatable bonds is 7. The minimum Gasteiger partial charge on any atom is -0.367 e. The Bertz CT molecular complexity index is 1610. The van der Waals surface area contributed by atoms with Crippen molar-refractivity contribution in [2.24, 2.45) is 4.99 Å². The lowest BCUT2D eigenvalue weighted by molar-refractivity contribution is -0.112. The number of halogens is 1. The van der Waals surface area contributed by atoms with Gasteiger partial charge in [-0.05, 0) is 55.0 Å². The van der Waals surface area contributed by atoms with Crippen LogP contribution in [0.1, 0.15) is 34.5 Å². The van der Waals surface area contributed by atoms with Gasteiger partial charge >= 0.3 is 0 Å². The standard InChI is InChI=1S/C34H32FN5O2/c1-24(25-9-3-2-4-10-25)36-33(41)26-15-17-27(18-16-26)37-32-28-11-5-7-13-30(28)40(34(32)42)23-38-19-21-39(22-20-38)31-14-8-6-12-29(31)35/h2-18,24H,19-23H2,1H3,(H,36,41)/t24-/m0/s1. The lowest BCUT2D eigenvalue weighted by Gasteiger charge is -2.37. The molecule has 0 unspecified atom stereocenters. The Balaban J connectivity index is 1.13. The van der Waals surface area contributed by atoms with Crippen molar-refractivity contribution < 1.29 is 14.0 Å². The van der Waals surface area contributed by atoms with Crippen LogP contribution in [-0.2, 0) is 4.79 Å². The lowest BCUT2D eigenvalue weighted by atomic mass is 10.1.